The van der Waals surface area contributed by atoms with Gasteiger partial charge in [-0.15, -0.1) is 0 Å². The van der Waals surface area contributed by atoms with E-state index >= 15 is 0 Å². The highest BCUT2D eigenvalue weighted by Crippen LogP contribution is 2.66. The molecule has 2 aliphatic carbocycles. The fraction of sp³-hybridized carbons (Fsp3) is 0.500. The maximum Gasteiger partial charge on any atom is 0.231 e. The molecule has 1 atom stereocenters. The lowest BCUT2D eigenvalue weighted by atomic mass is 9.79. The summed E-state index contributed by atoms with van der Waals surface area (Å²) in [5.41, 5.74) is 3.15. The molecule has 6 rings (SSSR count). The molecule has 0 unspecified atom stereocenters. The molecule has 4 aliphatic rings. The first-order chi connectivity index (χ1) is 12.7. The van der Waals surface area contributed by atoms with Crippen molar-refractivity contribution in [3.63, 3.8) is 0 Å². The molecule has 0 radical (unpaired) electrons. The highest BCUT2D eigenvalue weighted by molar-refractivity contribution is 5.83. The Bertz CT molecular complexity index is 915. The maximum atomic E-state index is 12.9. The van der Waals surface area contributed by atoms with E-state index in [-0.39, 0.29) is 12.7 Å². The predicted octanol–water partition coefficient (Wildman–Crippen LogP) is 3.15. The minimum atomic E-state index is 0.251. The van der Waals surface area contributed by atoms with Crippen LogP contribution < -0.4 is 9.47 Å². The van der Waals surface area contributed by atoms with Crippen molar-refractivity contribution in [3.8, 4) is 22.8 Å². The van der Waals surface area contributed by atoms with Crippen LogP contribution in [0, 0.1) is 11.3 Å². The number of nitrogens with zero attached hydrogens (tertiary/aromatic N) is 2. The second-order valence-corrected chi connectivity index (χ2v) is 7.98. The van der Waals surface area contributed by atoms with Crippen LogP contribution in [0.1, 0.15) is 37.0 Å². The van der Waals surface area contributed by atoms with E-state index in [1.54, 1.807) is 0 Å². The molecule has 26 heavy (non-hydrogen) atoms. The molecule has 0 N–H and O–H groups in total. The minimum absolute atomic E-state index is 0.251. The molecule has 2 fully saturated rings. The van der Waals surface area contributed by atoms with Crippen molar-refractivity contribution in [2.75, 3.05) is 13.3 Å². The average molecular weight is 352 g/mol. The molecule has 2 aromatic rings. The Balaban J connectivity index is 1.28. The van der Waals surface area contributed by atoms with Crippen LogP contribution in [0.3, 0.4) is 0 Å². The first-order valence-electron chi connectivity index (χ1n) is 9.40. The van der Waals surface area contributed by atoms with Crippen LogP contribution >= 0.6 is 0 Å². The van der Waals surface area contributed by atoms with Gasteiger partial charge in [0, 0.05) is 30.0 Å². The molecule has 134 valence electrons. The standard InChI is InChI=1S/C20H20N2O4/c23-19(14-9-20(14)5-1-6-20)22-7-4-15-13(10-22)18(21-26-15)12-2-3-16-17(8-12)25-11-24-16/h2-3,8,14H,1,4-7,9-11H2/t14-/m1/s1. The van der Waals surface area contributed by atoms with Crippen molar-refractivity contribution in [1.29, 1.82) is 0 Å². The Morgan fingerprint density at radius 1 is 1.23 bits per heavy atom. The number of amides is 1. The molecule has 6 nitrogen and oxygen atoms in total. The third-order valence-electron chi connectivity index (χ3n) is 6.62. The van der Waals surface area contributed by atoms with Gasteiger partial charge >= 0.3 is 0 Å². The van der Waals surface area contributed by atoms with Gasteiger partial charge in [-0.1, -0.05) is 11.6 Å². The number of hydrogen-bond donors (Lipinski definition) is 0. The first kappa shape index (κ1) is 14.6. The molecule has 1 aromatic carbocycles. The summed E-state index contributed by atoms with van der Waals surface area (Å²) in [5, 5.41) is 4.29. The summed E-state index contributed by atoms with van der Waals surface area (Å²) in [6, 6.07) is 5.80. The van der Waals surface area contributed by atoms with Crippen molar-refractivity contribution in [3.05, 3.63) is 29.5 Å². The third kappa shape index (κ3) is 1.98. The van der Waals surface area contributed by atoms with Crippen LogP contribution in [0.15, 0.2) is 22.7 Å². The smallest absolute Gasteiger partial charge is 0.231 e. The number of aromatic nitrogens is 1. The Morgan fingerprint density at radius 2 is 2.12 bits per heavy atom. The normalized spacial score (nSPS) is 24.3. The lowest BCUT2D eigenvalue weighted by molar-refractivity contribution is -0.135. The monoisotopic (exact) mass is 352 g/mol. The van der Waals surface area contributed by atoms with Crippen LogP contribution in [-0.4, -0.2) is 29.3 Å². The van der Waals surface area contributed by atoms with E-state index in [0.717, 1.165) is 53.5 Å². The second kappa shape index (κ2) is 5.02. The van der Waals surface area contributed by atoms with Gasteiger partial charge in [-0.25, -0.2) is 0 Å². The average Bonchev–Trinajstić information content (AvgIpc) is 3.02. The van der Waals surface area contributed by atoms with E-state index < -0.39 is 0 Å². The number of carbonyl (C=O) groups is 1. The Labute approximate surface area is 151 Å². The van der Waals surface area contributed by atoms with E-state index in [2.05, 4.69) is 5.16 Å². The maximum absolute atomic E-state index is 12.9. The molecule has 1 aromatic heterocycles. The lowest BCUT2D eigenvalue weighted by Gasteiger charge is -2.30. The topological polar surface area (TPSA) is 64.8 Å². The number of carbonyl (C=O) groups excluding carboxylic acids is 1. The molecular weight excluding hydrogens is 332 g/mol. The Hall–Kier alpha value is -2.50. The van der Waals surface area contributed by atoms with Gasteiger partial charge in [-0.05, 0) is 42.9 Å². The zero-order valence-electron chi connectivity index (χ0n) is 14.5. The van der Waals surface area contributed by atoms with Crippen molar-refractivity contribution in [1.82, 2.24) is 10.1 Å². The molecule has 0 bridgehead atoms. The van der Waals surface area contributed by atoms with Gasteiger partial charge < -0.3 is 18.9 Å². The van der Waals surface area contributed by atoms with Crippen molar-refractivity contribution in [2.45, 2.75) is 38.6 Å². The number of benzene rings is 1. The highest BCUT2D eigenvalue weighted by atomic mass is 16.7. The van der Waals surface area contributed by atoms with E-state index in [0.29, 0.717) is 17.9 Å². The van der Waals surface area contributed by atoms with Crippen molar-refractivity contribution in [2.24, 2.45) is 11.3 Å². The van der Waals surface area contributed by atoms with Gasteiger partial charge in [-0.2, -0.15) is 0 Å². The molecule has 1 amide bonds. The Kier molecular flexibility index (Phi) is 2.83. The van der Waals surface area contributed by atoms with E-state index in [1.807, 2.05) is 23.1 Å². The van der Waals surface area contributed by atoms with Crippen LogP contribution in [0.25, 0.3) is 11.3 Å². The predicted molar refractivity (Wildman–Crippen MR) is 91.6 cm³/mol. The van der Waals surface area contributed by atoms with Crippen LogP contribution in [-0.2, 0) is 17.8 Å². The van der Waals surface area contributed by atoms with Crippen molar-refractivity contribution >= 4 is 5.91 Å². The summed E-state index contributed by atoms with van der Waals surface area (Å²) >= 11 is 0. The fourth-order valence-corrected chi connectivity index (χ4v) is 4.77. The van der Waals surface area contributed by atoms with Crippen LogP contribution in [0.5, 0.6) is 11.5 Å². The summed E-state index contributed by atoms with van der Waals surface area (Å²) in [5.74, 6) is 2.96. The number of rotatable bonds is 2. The van der Waals surface area contributed by atoms with Crippen LogP contribution in [0.2, 0.25) is 0 Å². The molecule has 6 heteroatoms. The van der Waals surface area contributed by atoms with Gasteiger partial charge in [0.15, 0.2) is 11.5 Å². The molecule has 1 spiro atoms. The zero-order chi connectivity index (χ0) is 17.3. The molecule has 3 heterocycles. The summed E-state index contributed by atoms with van der Waals surface area (Å²) in [6.07, 6.45) is 5.58. The number of fused-ring (bicyclic) bond motifs is 2. The summed E-state index contributed by atoms with van der Waals surface area (Å²) in [6.45, 7) is 1.57. The largest absolute Gasteiger partial charge is 0.454 e. The van der Waals surface area contributed by atoms with E-state index in [1.165, 1.54) is 19.3 Å². The number of ether oxygens (including phenoxy) is 2. The minimum Gasteiger partial charge on any atom is -0.454 e. The number of hydrogen-bond acceptors (Lipinski definition) is 5. The van der Waals surface area contributed by atoms with E-state index in [4.69, 9.17) is 14.0 Å². The van der Waals surface area contributed by atoms with Gasteiger partial charge in [-0.3, -0.25) is 4.79 Å². The zero-order valence-corrected chi connectivity index (χ0v) is 14.5. The highest BCUT2D eigenvalue weighted by Gasteiger charge is 2.61. The Morgan fingerprint density at radius 3 is 2.92 bits per heavy atom. The SMILES string of the molecule is O=C([C@H]1CC12CCC2)N1CCc2onc(-c3ccc4c(c3)OCO4)c2C1. The molecule has 2 saturated carbocycles. The van der Waals surface area contributed by atoms with Gasteiger partial charge in [0.05, 0.1) is 6.54 Å². The van der Waals surface area contributed by atoms with Crippen LogP contribution in [0.4, 0.5) is 0 Å². The van der Waals surface area contributed by atoms with Gasteiger partial charge in [0.2, 0.25) is 12.7 Å². The summed E-state index contributed by atoms with van der Waals surface area (Å²) in [7, 11) is 0. The fourth-order valence-electron chi connectivity index (χ4n) is 4.77. The summed E-state index contributed by atoms with van der Waals surface area (Å²) in [4.78, 5) is 14.9. The quantitative estimate of drug-likeness (QED) is 0.831. The van der Waals surface area contributed by atoms with E-state index in [9.17, 15) is 4.79 Å². The summed E-state index contributed by atoms with van der Waals surface area (Å²) < 4.78 is 16.4. The molecule has 0 saturated heterocycles. The second-order valence-electron chi connectivity index (χ2n) is 7.98. The van der Waals surface area contributed by atoms with Gasteiger partial charge in [0.25, 0.3) is 0 Å². The lowest BCUT2D eigenvalue weighted by Crippen LogP contribution is -2.38. The molecular formula is C20H20N2O4. The third-order valence-corrected chi connectivity index (χ3v) is 6.62. The van der Waals surface area contributed by atoms with Gasteiger partial charge in [0.1, 0.15) is 11.5 Å². The molecule has 2 aliphatic heterocycles. The van der Waals surface area contributed by atoms with Crippen molar-refractivity contribution < 1.29 is 18.8 Å². The first-order valence-corrected chi connectivity index (χ1v) is 9.40.